The third-order valence-electron chi connectivity index (χ3n) is 6.94. The number of aromatic nitrogens is 1. The Labute approximate surface area is 172 Å². The quantitative estimate of drug-likeness (QED) is 0.719. The van der Waals surface area contributed by atoms with Crippen LogP contribution in [0.3, 0.4) is 0 Å². The summed E-state index contributed by atoms with van der Waals surface area (Å²) in [6, 6.07) is 3.97. The van der Waals surface area contributed by atoms with E-state index in [2.05, 4.69) is 9.88 Å². The Balaban J connectivity index is 1.53. The molecule has 1 aliphatic carbocycles. The number of likely N-dealkylation sites (tertiary alicyclic amines) is 1. The van der Waals surface area contributed by atoms with E-state index in [1.54, 1.807) is 24.5 Å². The van der Waals surface area contributed by atoms with Crippen molar-refractivity contribution in [1.82, 2.24) is 14.8 Å². The van der Waals surface area contributed by atoms with Gasteiger partial charge in [0.2, 0.25) is 0 Å². The molecule has 0 spiro atoms. The first-order valence-corrected chi connectivity index (χ1v) is 10.8. The second-order valence-electron chi connectivity index (χ2n) is 8.40. The molecule has 1 unspecified atom stereocenters. The molecule has 0 N–H and O–H groups in total. The van der Waals surface area contributed by atoms with Crippen LogP contribution in [0.15, 0.2) is 24.5 Å². The van der Waals surface area contributed by atoms with E-state index in [0.717, 1.165) is 52.0 Å². The number of morpholine rings is 1. The third-order valence-corrected chi connectivity index (χ3v) is 6.94. The van der Waals surface area contributed by atoms with Crippen LogP contribution in [0, 0.1) is 11.3 Å². The molecular weight excluding hydrogens is 370 g/mol. The smallest absolute Gasteiger partial charge is 0.314 e. The molecule has 1 saturated carbocycles. The SMILES string of the molecule is CCOC(=O)[C@@]12CCC(N3CCOCC3)C[C@H]1CCN(C(=O)c1ccncc1)C2. The summed E-state index contributed by atoms with van der Waals surface area (Å²) in [5, 5.41) is 0. The molecular formula is C22H31N3O4. The van der Waals surface area contributed by atoms with Crippen molar-refractivity contribution in [1.29, 1.82) is 0 Å². The molecule has 29 heavy (non-hydrogen) atoms. The van der Waals surface area contributed by atoms with Crippen LogP contribution >= 0.6 is 0 Å². The van der Waals surface area contributed by atoms with Crippen LogP contribution in [0.5, 0.6) is 0 Å². The topological polar surface area (TPSA) is 72.0 Å². The summed E-state index contributed by atoms with van der Waals surface area (Å²) in [5.41, 5.74) is 0.0409. The van der Waals surface area contributed by atoms with Crippen molar-refractivity contribution in [2.45, 2.75) is 38.6 Å². The number of carbonyl (C=O) groups excluding carboxylic acids is 2. The zero-order valence-corrected chi connectivity index (χ0v) is 17.2. The van der Waals surface area contributed by atoms with Crippen LogP contribution in [0.2, 0.25) is 0 Å². The lowest BCUT2D eigenvalue weighted by molar-refractivity contribution is -0.168. The fourth-order valence-corrected chi connectivity index (χ4v) is 5.37. The number of amides is 1. The Bertz CT molecular complexity index is 722. The van der Waals surface area contributed by atoms with E-state index in [1.165, 1.54) is 0 Å². The molecule has 0 aromatic carbocycles. The highest BCUT2D eigenvalue weighted by molar-refractivity contribution is 5.94. The maximum atomic E-state index is 13.1. The number of carbonyl (C=O) groups is 2. The second-order valence-corrected chi connectivity index (χ2v) is 8.40. The van der Waals surface area contributed by atoms with Crippen LogP contribution in [-0.4, -0.2) is 78.7 Å². The molecule has 1 aromatic rings. The van der Waals surface area contributed by atoms with E-state index in [0.29, 0.717) is 31.3 Å². The Hall–Kier alpha value is -1.99. The highest BCUT2D eigenvalue weighted by Crippen LogP contribution is 2.48. The molecule has 3 fully saturated rings. The normalized spacial score (nSPS) is 30.4. The summed E-state index contributed by atoms with van der Waals surface area (Å²) in [6.07, 6.45) is 6.85. The van der Waals surface area contributed by atoms with Gasteiger partial charge in [-0.2, -0.15) is 0 Å². The monoisotopic (exact) mass is 401 g/mol. The highest BCUT2D eigenvalue weighted by Gasteiger charge is 2.54. The number of pyridine rings is 1. The molecule has 0 bridgehead atoms. The van der Waals surface area contributed by atoms with Gasteiger partial charge in [0.05, 0.1) is 25.2 Å². The molecule has 4 rings (SSSR count). The van der Waals surface area contributed by atoms with Crippen LogP contribution in [0.4, 0.5) is 0 Å². The molecule has 3 atom stereocenters. The predicted molar refractivity (Wildman–Crippen MR) is 107 cm³/mol. The van der Waals surface area contributed by atoms with Crippen molar-refractivity contribution in [2.75, 3.05) is 46.0 Å². The first kappa shape index (κ1) is 20.3. The molecule has 7 heteroatoms. The van der Waals surface area contributed by atoms with Crippen molar-refractivity contribution in [3.8, 4) is 0 Å². The molecule has 158 valence electrons. The van der Waals surface area contributed by atoms with Gasteiger partial charge in [0.15, 0.2) is 0 Å². The first-order valence-electron chi connectivity index (χ1n) is 10.8. The van der Waals surface area contributed by atoms with Gasteiger partial charge in [0.1, 0.15) is 0 Å². The number of esters is 1. The lowest BCUT2D eigenvalue weighted by Gasteiger charge is -2.52. The number of rotatable bonds is 4. The zero-order chi connectivity index (χ0) is 20.3. The second kappa shape index (κ2) is 8.79. The van der Waals surface area contributed by atoms with E-state index in [-0.39, 0.29) is 17.8 Å². The summed E-state index contributed by atoms with van der Waals surface area (Å²) in [5.74, 6) is 0.104. The van der Waals surface area contributed by atoms with Gasteiger partial charge in [-0.3, -0.25) is 19.5 Å². The molecule has 3 heterocycles. The molecule has 0 radical (unpaired) electrons. The Kier molecular flexibility index (Phi) is 6.15. The van der Waals surface area contributed by atoms with E-state index < -0.39 is 5.41 Å². The van der Waals surface area contributed by atoms with E-state index in [1.807, 2.05) is 11.8 Å². The minimum Gasteiger partial charge on any atom is -0.466 e. The van der Waals surface area contributed by atoms with Crippen LogP contribution < -0.4 is 0 Å². The predicted octanol–water partition coefficient (Wildman–Crippen LogP) is 1.98. The van der Waals surface area contributed by atoms with Crippen LogP contribution in [-0.2, 0) is 14.3 Å². The fourth-order valence-electron chi connectivity index (χ4n) is 5.37. The van der Waals surface area contributed by atoms with E-state index in [4.69, 9.17) is 9.47 Å². The van der Waals surface area contributed by atoms with Crippen LogP contribution in [0.25, 0.3) is 0 Å². The van der Waals surface area contributed by atoms with Gasteiger partial charge in [-0.25, -0.2) is 0 Å². The maximum Gasteiger partial charge on any atom is 0.314 e. The molecule has 7 nitrogen and oxygen atoms in total. The van der Waals surface area contributed by atoms with Crippen molar-refractivity contribution in [3.05, 3.63) is 30.1 Å². The number of hydrogen-bond acceptors (Lipinski definition) is 6. The van der Waals surface area contributed by atoms with Gasteiger partial charge in [-0.1, -0.05) is 0 Å². The van der Waals surface area contributed by atoms with Crippen molar-refractivity contribution < 1.29 is 19.1 Å². The number of nitrogens with zero attached hydrogens (tertiary/aromatic N) is 3. The number of hydrogen-bond donors (Lipinski definition) is 0. The van der Waals surface area contributed by atoms with Gasteiger partial charge >= 0.3 is 5.97 Å². The number of ether oxygens (including phenoxy) is 2. The van der Waals surface area contributed by atoms with Crippen molar-refractivity contribution in [3.63, 3.8) is 0 Å². The highest BCUT2D eigenvalue weighted by atomic mass is 16.5. The maximum absolute atomic E-state index is 13.1. The molecule has 1 aromatic heterocycles. The number of fused-ring (bicyclic) bond motifs is 1. The summed E-state index contributed by atoms with van der Waals surface area (Å²) in [4.78, 5) is 34.5. The van der Waals surface area contributed by atoms with Crippen molar-refractivity contribution in [2.24, 2.45) is 11.3 Å². The summed E-state index contributed by atoms with van der Waals surface area (Å²) < 4.78 is 11.0. The van der Waals surface area contributed by atoms with Gasteiger partial charge < -0.3 is 14.4 Å². The van der Waals surface area contributed by atoms with Gasteiger partial charge in [0, 0.05) is 50.2 Å². The summed E-state index contributed by atoms with van der Waals surface area (Å²) in [7, 11) is 0. The molecule has 2 saturated heterocycles. The summed E-state index contributed by atoms with van der Waals surface area (Å²) >= 11 is 0. The van der Waals surface area contributed by atoms with E-state index >= 15 is 0 Å². The van der Waals surface area contributed by atoms with Gasteiger partial charge in [-0.15, -0.1) is 0 Å². The fraction of sp³-hybridized carbons (Fsp3) is 0.682. The lowest BCUT2D eigenvalue weighted by atomic mass is 9.61. The van der Waals surface area contributed by atoms with Gasteiger partial charge in [0.25, 0.3) is 5.91 Å². The molecule has 2 aliphatic heterocycles. The number of piperidine rings is 1. The molecule has 3 aliphatic rings. The largest absolute Gasteiger partial charge is 0.466 e. The standard InChI is InChI=1S/C22H31N3O4/c1-2-29-21(27)22-7-3-19(24-11-13-28-14-12-24)15-18(22)6-10-25(16-22)20(26)17-4-8-23-9-5-17/h4-5,8-9,18-19H,2-3,6-7,10-16H2,1H3/t18-,19?,22-/m1/s1. The van der Waals surface area contributed by atoms with Gasteiger partial charge in [-0.05, 0) is 50.7 Å². The lowest BCUT2D eigenvalue weighted by Crippen LogP contribution is -2.59. The average molecular weight is 402 g/mol. The zero-order valence-electron chi connectivity index (χ0n) is 17.2. The molecule has 1 amide bonds. The Morgan fingerprint density at radius 3 is 2.69 bits per heavy atom. The van der Waals surface area contributed by atoms with Crippen molar-refractivity contribution >= 4 is 11.9 Å². The average Bonchev–Trinajstić information content (AvgIpc) is 2.79. The first-order chi connectivity index (χ1) is 14.1. The Morgan fingerprint density at radius 1 is 1.21 bits per heavy atom. The van der Waals surface area contributed by atoms with E-state index in [9.17, 15) is 9.59 Å². The Morgan fingerprint density at radius 2 is 1.97 bits per heavy atom. The van der Waals surface area contributed by atoms with Crippen LogP contribution in [0.1, 0.15) is 43.0 Å². The minimum absolute atomic E-state index is 0.0233. The summed E-state index contributed by atoms with van der Waals surface area (Å²) in [6.45, 7) is 6.88. The minimum atomic E-state index is -0.584. The third kappa shape index (κ3) is 4.03.